The van der Waals surface area contributed by atoms with Gasteiger partial charge in [0.05, 0.1) is 5.56 Å². The molecule has 0 aliphatic carbocycles. The van der Waals surface area contributed by atoms with Crippen molar-refractivity contribution in [1.29, 1.82) is 0 Å². The first-order valence-corrected chi connectivity index (χ1v) is 6.25. The minimum Gasteiger partial charge on any atom is -0.360 e. The van der Waals surface area contributed by atoms with Gasteiger partial charge >= 0.3 is 0 Å². The lowest BCUT2D eigenvalue weighted by atomic mass is 10.2. The van der Waals surface area contributed by atoms with E-state index in [1.807, 2.05) is 13.1 Å². The SMILES string of the molecule is C=CCNC(=O)c1ccc(N(C)CCCC)nc1. The van der Waals surface area contributed by atoms with Crippen LogP contribution < -0.4 is 10.2 Å². The zero-order valence-corrected chi connectivity index (χ0v) is 11.1. The summed E-state index contributed by atoms with van der Waals surface area (Å²) < 4.78 is 0. The molecule has 4 nitrogen and oxygen atoms in total. The molecule has 0 bridgehead atoms. The van der Waals surface area contributed by atoms with Gasteiger partial charge in [-0.05, 0) is 18.6 Å². The van der Waals surface area contributed by atoms with E-state index in [1.165, 1.54) is 0 Å². The number of unbranched alkanes of at least 4 members (excludes halogenated alkanes) is 1. The average Bonchev–Trinajstić information content (AvgIpc) is 2.42. The first kappa shape index (κ1) is 14.2. The Balaban J connectivity index is 2.61. The molecule has 4 heteroatoms. The van der Waals surface area contributed by atoms with Crippen LogP contribution in [0.3, 0.4) is 0 Å². The van der Waals surface area contributed by atoms with Gasteiger partial charge in [0, 0.05) is 26.3 Å². The van der Waals surface area contributed by atoms with E-state index in [2.05, 4.69) is 28.7 Å². The second-order valence-corrected chi connectivity index (χ2v) is 4.18. The maximum atomic E-state index is 11.6. The second-order valence-electron chi connectivity index (χ2n) is 4.18. The molecule has 0 spiro atoms. The molecule has 1 aromatic heterocycles. The third-order valence-electron chi connectivity index (χ3n) is 2.66. The molecule has 1 rings (SSSR count). The predicted molar refractivity (Wildman–Crippen MR) is 74.9 cm³/mol. The Morgan fingerprint density at radius 2 is 2.33 bits per heavy atom. The summed E-state index contributed by atoms with van der Waals surface area (Å²) in [5.41, 5.74) is 0.574. The van der Waals surface area contributed by atoms with E-state index in [-0.39, 0.29) is 5.91 Å². The molecule has 0 saturated heterocycles. The van der Waals surface area contributed by atoms with Gasteiger partial charge in [-0.15, -0.1) is 6.58 Å². The molecule has 0 aliphatic rings. The van der Waals surface area contributed by atoms with E-state index in [4.69, 9.17) is 0 Å². The zero-order valence-electron chi connectivity index (χ0n) is 11.1. The highest BCUT2D eigenvalue weighted by Gasteiger charge is 2.06. The van der Waals surface area contributed by atoms with Gasteiger partial charge in [-0.1, -0.05) is 19.4 Å². The number of pyridine rings is 1. The molecule has 0 aromatic carbocycles. The van der Waals surface area contributed by atoms with E-state index in [9.17, 15) is 4.79 Å². The van der Waals surface area contributed by atoms with Crippen molar-refractivity contribution in [2.75, 3.05) is 25.0 Å². The van der Waals surface area contributed by atoms with Crippen LogP contribution in [0.1, 0.15) is 30.1 Å². The van der Waals surface area contributed by atoms with Gasteiger partial charge < -0.3 is 10.2 Å². The summed E-state index contributed by atoms with van der Waals surface area (Å²) in [5, 5.41) is 2.72. The molecule has 98 valence electrons. The van der Waals surface area contributed by atoms with Crippen LogP contribution in [0.15, 0.2) is 31.0 Å². The van der Waals surface area contributed by atoms with Crippen molar-refractivity contribution in [1.82, 2.24) is 10.3 Å². The fraction of sp³-hybridized carbons (Fsp3) is 0.429. The normalized spacial score (nSPS) is 9.89. The molecule has 0 fully saturated rings. The summed E-state index contributed by atoms with van der Waals surface area (Å²) in [6.45, 7) is 7.16. The minimum atomic E-state index is -0.120. The van der Waals surface area contributed by atoms with Crippen LogP contribution in [0.5, 0.6) is 0 Å². The first-order valence-electron chi connectivity index (χ1n) is 6.25. The second kappa shape index (κ2) is 7.48. The highest BCUT2D eigenvalue weighted by molar-refractivity contribution is 5.94. The lowest BCUT2D eigenvalue weighted by molar-refractivity contribution is 0.0957. The fourth-order valence-electron chi connectivity index (χ4n) is 1.52. The Morgan fingerprint density at radius 1 is 1.56 bits per heavy atom. The largest absolute Gasteiger partial charge is 0.360 e. The number of hydrogen-bond acceptors (Lipinski definition) is 3. The van der Waals surface area contributed by atoms with Crippen LogP contribution in [-0.2, 0) is 0 Å². The van der Waals surface area contributed by atoms with E-state index in [0.29, 0.717) is 12.1 Å². The lowest BCUT2D eigenvalue weighted by Crippen LogP contribution is -2.24. The maximum Gasteiger partial charge on any atom is 0.253 e. The molecule has 1 aromatic rings. The third-order valence-corrected chi connectivity index (χ3v) is 2.66. The number of hydrogen-bond donors (Lipinski definition) is 1. The summed E-state index contributed by atoms with van der Waals surface area (Å²) >= 11 is 0. The van der Waals surface area contributed by atoms with Crippen LogP contribution >= 0.6 is 0 Å². The van der Waals surface area contributed by atoms with Crippen LogP contribution in [0, 0.1) is 0 Å². The monoisotopic (exact) mass is 247 g/mol. The molecular weight excluding hydrogens is 226 g/mol. The number of rotatable bonds is 7. The van der Waals surface area contributed by atoms with E-state index in [1.54, 1.807) is 18.3 Å². The van der Waals surface area contributed by atoms with Gasteiger partial charge in [-0.25, -0.2) is 4.98 Å². The summed E-state index contributed by atoms with van der Waals surface area (Å²) in [6, 6.07) is 3.67. The van der Waals surface area contributed by atoms with Crippen molar-refractivity contribution in [3.8, 4) is 0 Å². The number of carbonyl (C=O) groups excluding carboxylic acids is 1. The fourth-order valence-corrected chi connectivity index (χ4v) is 1.52. The van der Waals surface area contributed by atoms with Crippen LogP contribution in [-0.4, -0.2) is 31.0 Å². The number of amides is 1. The summed E-state index contributed by atoms with van der Waals surface area (Å²) in [5.74, 6) is 0.772. The number of nitrogens with one attached hydrogen (secondary N) is 1. The van der Waals surface area contributed by atoms with Gasteiger partial charge in [0.1, 0.15) is 5.82 Å². The van der Waals surface area contributed by atoms with Crippen molar-refractivity contribution < 1.29 is 4.79 Å². The predicted octanol–water partition coefficient (Wildman–Crippen LogP) is 2.23. The molecule has 0 atom stereocenters. The summed E-state index contributed by atoms with van der Waals surface area (Å²) in [4.78, 5) is 18.0. The highest BCUT2D eigenvalue weighted by atomic mass is 16.1. The lowest BCUT2D eigenvalue weighted by Gasteiger charge is -2.17. The van der Waals surface area contributed by atoms with Gasteiger partial charge in [0.2, 0.25) is 0 Å². The molecule has 18 heavy (non-hydrogen) atoms. The third kappa shape index (κ3) is 4.20. The Morgan fingerprint density at radius 3 is 2.89 bits per heavy atom. The molecular formula is C14H21N3O. The van der Waals surface area contributed by atoms with E-state index >= 15 is 0 Å². The molecule has 0 aliphatic heterocycles. The quantitative estimate of drug-likeness (QED) is 0.752. The van der Waals surface area contributed by atoms with Gasteiger partial charge in [-0.3, -0.25) is 4.79 Å². The van der Waals surface area contributed by atoms with Crippen LogP contribution in [0.25, 0.3) is 0 Å². The van der Waals surface area contributed by atoms with Crippen molar-refractivity contribution >= 4 is 11.7 Å². The van der Waals surface area contributed by atoms with Gasteiger partial charge in [0.25, 0.3) is 5.91 Å². The number of anilines is 1. The van der Waals surface area contributed by atoms with Crippen molar-refractivity contribution in [2.45, 2.75) is 19.8 Å². The van der Waals surface area contributed by atoms with Gasteiger partial charge in [-0.2, -0.15) is 0 Å². The highest BCUT2D eigenvalue weighted by Crippen LogP contribution is 2.10. The molecule has 1 amide bonds. The van der Waals surface area contributed by atoms with Crippen molar-refractivity contribution in [3.63, 3.8) is 0 Å². The average molecular weight is 247 g/mol. The van der Waals surface area contributed by atoms with Crippen molar-refractivity contribution in [3.05, 3.63) is 36.5 Å². The Labute approximate surface area is 109 Å². The maximum absolute atomic E-state index is 11.6. The zero-order chi connectivity index (χ0) is 13.4. The topological polar surface area (TPSA) is 45.2 Å². The number of aromatic nitrogens is 1. The van der Waals surface area contributed by atoms with E-state index < -0.39 is 0 Å². The van der Waals surface area contributed by atoms with Gasteiger partial charge in [0.15, 0.2) is 0 Å². The van der Waals surface area contributed by atoms with Crippen LogP contribution in [0.4, 0.5) is 5.82 Å². The Bertz CT molecular complexity index is 387. The molecule has 1 heterocycles. The number of nitrogens with zero attached hydrogens (tertiary/aromatic N) is 2. The van der Waals surface area contributed by atoms with E-state index in [0.717, 1.165) is 25.2 Å². The molecule has 0 saturated carbocycles. The molecule has 1 N–H and O–H groups in total. The Kier molecular flexibility index (Phi) is 5.91. The summed E-state index contributed by atoms with van der Waals surface area (Å²) in [7, 11) is 2.01. The smallest absolute Gasteiger partial charge is 0.253 e. The standard InChI is InChI=1S/C14H21N3O/c1-4-6-10-17(3)13-8-7-12(11-16-13)14(18)15-9-5-2/h5,7-8,11H,2,4,6,9-10H2,1,3H3,(H,15,18). The minimum absolute atomic E-state index is 0.120. The Hall–Kier alpha value is -1.84. The molecule has 0 radical (unpaired) electrons. The number of carbonyl (C=O) groups is 1. The first-order chi connectivity index (χ1) is 8.69. The summed E-state index contributed by atoms with van der Waals surface area (Å²) in [6.07, 6.45) is 5.56. The van der Waals surface area contributed by atoms with Crippen molar-refractivity contribution in [2.24, 2.45) is 0 Å². The van der Waals surface area contributed by atoms with Crippen LogP contribution in [0.2, 0.25) is 0 Å². The molecule has 0 unspecified atom stereocenters.